The first-order valence-electron chi connectivity index (χ1n) is 12.6. The summed E-state index contributed by atoms with van der Waals surface area (Å²) in [7, 11) is 0. The first kappa shape index (κ1) is 20.9. The van der Waals surface area contributed by atoms with E-state index in [0.29, 0.717) is 37.6 Å². The molecule has 2 heterocycles. The van der Waals surface area contributed by atoms with Crippen molar-refractivity contribution in [3.8, 4) is 5.69 Å². The number of rotatable bonds is 3. The summed E-state index contributed by atoms with van der Waals surface area (Å²) in [5, 5.41) is 4.52. The summed E-state index contributed by atoms with van der Waals surface area (Å²) >= 11 is 0. The molecule has 1 saturated heterocycles. The summed E-state index contributed by atoms with van der Waals surface area (Å²) in [5.41, 5.74) is 3.63. The van der Waals surface area contributed by atoms with Gasteiger partial charge in [0.2, 0.25) is 5.91 Å². The summed E-state index contributed by atoms with van der Waals surface area (Å²) in [5.74, 6) is 2.78. The van der Waals surface area contributed by atoms with Crippen LogP contribution in [0.5, 0.6) is 0 Å². The zero-order chi connectivity index (χ0) is 22.7. The lowest BCUT2D eigenvalue weighted by Crippen LogP contribution is -2.58. The van der Waals surface area contributed by atoms with E-state index in [9.17, 15) is 9.59 Å². The lowest BCUT2D eigenvalue weighted by Gasteiger charge is -2.57. The number of hydrogen-bond acceptors (Lipinski definition) is 3. The third kappa shape index (κ3) is 3.58. The lowest BCUT2D eigenvalue weighted by molar-refractivity contribution is -0.159. The van der Waals surface area contributed by atoms with E-state index >= 15 is 0 Å². The number of aryl methyl sites for hydroxylation is 2. The second-order valence-electron chi connectivity index (χ2n) is 11.2. The molecule has 0 unspecified atom stereocenters. The molecule has 0 radical (unpaired) electrons. The molecular weight excluding hydrogens is 412 g/mol. The first-order valence-corrected chi connectivity index (χ1v) is 12.6. The molecule has 7 rings (SSSR count). The minimum Gasteiger partial charge on any atom is -0.339 e. The van der Waals surface area contributed by atoms with Crippen molar-refractivity contribution in [2.45, 2.75) is 52.4 Å². The predicted octanol–water partition coefficient (Wildman–Crippen LogP) is 3.99. The molecule has 33 heavy (non-hydrogen) atoms. The predicted molar refractivity (Wildman–Crippen MR) is 126 cm³/mol. The van der Waals surface area contributed by atoms with Gasteiger partial charge in [-0.25, -0.2) is 4.68 Å². The number of benzene rings is 1. The molecule has 174 valence electrons. The Hall–Kier alpha value is -2.63. The highest BCUT2D eigenvalue weighted by atomic mass is 16.2. The van der Waals surface area contributed by atoms with Crippen LogP contribution in [0.2, 0.25) is 0 Å². The van der Waals surface area contributed by atoms with Crippen LogP contribution in [0.3, 0.4) is 0 Å². The molecule has 4 saturated carbocycles. The Morgan fingerprint density at radius 2 is 1.39 bits per heavy atom. The van der Waals surface area contributed by atoms with Crippen LogP contribution in [0.15, 0.2) is 30.3 Å². The topological polar surface area (TPSA) is 58.4 Å². The second-order valence-corrected chi connectivity index (χ2v) is 11.2. The largest absolute Gasteiger partial charge is 0.339 e. The van der Waals surface area contributed by atoms with E-state index < -0.39 is 0 Å². The third-order valence-corrected chi connectivity index (χ3v) is 8.71. The van der Waals surface area contributed by atoms with Crippen LogP contribution >= 0.6 is 0 Å². The van der Waals surface area contributed by atoms with Gasteiger partial charge in [-0.15, -0.1) is 0 Å². The van der Waals surface area contributed by atoms with Gasteiger partial charge >= 0.3 is 0 Å². The molecule has 0 atom stereocenters. The average Bonchev–Trinajstić information content (AvgIpc) is 3.15. The van der Waals surface area contributed by atoms with Crippen molar-refractivity contribution in [3.63, 3.8) is 0 Å². The molecule has 1 aromatic heterocycles. The summed E-state index contributed by atoms with van der Waals surface area (Å²) in [4.78, 5) is 30.7. The molecule has 4 bridgehead atoms. The summed E-state index contributed by atoms with van der Waals surface area (Å²) < 4.78 is 1.90. The Morgan fingerprint density at radius 3 is 1.91 bits per heavy atom. The normalized spacial score (nSPS) is 30.7. The number of amides is 2. The van der Waals surface area contributed by atoms with Crippen molar-refractivity contribution in [1.82, 2.24) is 19.6 Å². The minimum atomic E-state index is -0.0836. The Labute approximate surface area is 195 Å². The zero-order valence-electron chi connectivity index (χ0n) is 19.8. The van der Waals surface area contributed by atoms with Crippen molar-refractivity contribution < 1.29 is 9.59 Å². The number of hydrogen-bond donors (Lipinski definition) is 0. The summed E-state index contributed by atoms with van der Waals surface area (Å²) in [6.07, 6.45) is 7.39. The molecule has 5 aliphatic rings. The SMILES string of the molecule is Cc1cc(C)n(-c2ccc(C(=O)N3CCN(C(=O)C45CC6CC(CC(C6)C4)C5)CC3)cc2)n1. The highest BCUT2D eigenvalue weighted by Gasteiger charge is 2.55. The van der Waals surface area contributed by atoms with Gasteiger partial charge in [0.1, 0.15) is 0 Å². The number of nitrogens with zero attached hydrogens (tertiary/aromatic N) is 4. The van der Waals surface area contributed by atoms with Gasteiger partial charge in [-0.1, -0.05) is 0 Å². The number of piperazine rings is 1. The van der Waals surface area contributed by atoms with Gasteiger partial charge in [-0.3, -0.25) is 9.59 Å². The summed E-state index contributed by atoms with van der Waals surface area (Å²) in [6.45, 7) is 6.58. The van der Waals surface area contributed by atoms with Gasteiger partial charge in [0.15, 0.2) is 0 Å². The van der Waals surface area contributed by atoms with E-state index in [2.05, 4.69) is 10.00 Å². The quantitative estimate of drug-likeness (QED) is 0.716. The summed E-state index contributed by atoms with van der Waals surface area (Å²) in [6, 6.07) is 9.74. The Morgan fingerprint density at radius 1 is 0.848 bits per heavy atom. The molecule has 2 aromatic rings. The smallest absolute Gasteiger partial charge is 0.253 e. The van der Waals surface area contributed by atoms with Gasteiger partial charge in [0, 0.05) is 37.4 Å². The molecule has 6 nitrogen and oxygen atoms in total. The van der Waals surface area contributed by atoms with Gasteiger partial charge in [-0.2, -0.15) is 5.10 Å². The molecule has 6 heteroatoms. The molecule has 2 amide bonds. The monoisotopic (exact) mass is 446 g/mol. The van der Waals surface area contributed by atoms with E-state index in [0.717, 1.165) is 54.1 Å². The third-order valence-electron chi connectivity index (χ3n) is 8.71. The van der Waals surface area contributed by atoms with E-state index in [-0.39, 0.29) is 11.3 Å². The van der Waals surface area contributed by atoms with Crippen LogP contribution in [-0.4, -0.2) is 57.6 Å². The fraction of sp³-hybridized carbons (Fsp3) is 0.593. The van der Waals surface area contributed by atoms with Crippen LogP contribution in [0, 0.1) is 37.0 Å². The van der Waals surface area contributed by atoms with Gasteiger partial charge < -0.3 is 9.80 Å². The van der Waals surface area contributed by atoms with Crippen LogP contribution in [0.25, 0.3) is 5.69 Å². The lowest BCUT2D eigenvalue weighted by atomic mass is 9.49. The fourth-order valence-electron chi connectivity index (χ4n) is 7.64. The molecule has 4 aliphatic carbocycles. The van der Waals surface area contributed by atoms with Crippen LogP contribution in [0.1, 0.15) is 60.3 Å². The van der Waals surface area contributed by atoms with Crippen molar-refractivity contribution >= 4 is 11.8 Å². The highest BCUT2D eigenvalue weighted by molar-refractivity contribution is 5.94. The molecule has 1 aromatic carbocycles. The highest BCUT2D eigenvalue weighted by Crippen LogP contribution is 2.60. The van der Waals surface area contributed by atoms with Crippen LogP contribution < -0.4 is 0 Å². The van der Waals surface area contributed by atoms with Crippen molar-refractivity contribution in [2.24, 2.45) is 23.2 Å². The van der Waals surface area contributed by atoms with Crippen molar-refractivity contribution in [1.29, 1.82) is 0 Å². The second kappa shape index (κ2) is 7.71. The zero-order valence-corrected chi connectivity index (χ0v) is 19.8. The number of aromatic nitrogens is 2. The molecule has 1 aliphatic heterocycles. The van der Waals surface area contributed by atoms with E-state index in [4.69, 9.17) is 0 Å². The Bertz CT molecular complexity index is 1040. The van der Waals surface area contributed by atoms with Gasteiger partial charge in [0.05, 0.1) is 16.8 Å². The molecule has 0 spiro atoms. The maximum absolute atomic E-state index is 13.6. The van der Waals surface area contributed by atoms with Gasteiger partial charge in [-0.05, 0) is 100 Å². The van der Waals surface area contributed by atoms with Crippen LogP contribution in [0.4, 0.5) is 0 Å². The fourth-order valence-corrected chi connectivity index (χ4v) is 7.64. The van der Waals surface area contributed by atoms with E-state index in [1.54, 1.807) is 0 Å². The minimum absolute atomic E-state index is 0.0526. The Kier molecular flexibility index (Phi) is 4.89. The first-order chi connectivity index (χ1) is 15.9. The Balaban J connectivity index is 1.09. The van der Waals surface area contributed by atoms with Gasteiger partial charge in [0.25, 0.3) is 5.91 Å². The van der Waals surface area contributed by atoms with E-state index in [1.807, 2.05) is 53.8 Å². The molecular formula is C27H34N4O2. The molecule has 0 N–H and O–H groups in total. The number of carbonyl (C=O) groups is 2. The van der Waals surface area contributed by atoms with Crippen molar-refractivity contribution in [3.05, 3.63) is 47.3 Å². The van der Waals surface area contributed by atoms with Crippen LogP contribution in [-0.2, 0) is 4.79 Å². The maximum atomic E-state index is 13.6. The maximum Gasteiger partial charge on any atom is 0.253 e. The van der Waals surface area contributed by atoms with Crippen molar-refractivity contribution in [2.75, 3.05) is 26.2 Å². The molecule has 5 fully saturated rings. The van der Waals surface area contributed by atoms with E-state index in [1.165, 1.54) is 19.3 Å². The standard InChI is InChI=1S/C27H34N4O2/c1-18-11-19(2)31(28-18)24-5-3-23(4-6-24)25(32)29-7-9-30(10-8-29)26(33)27-15-20-12-21(16-27)14-22(13-20)17-27/h3-6,11,20-22H,7-10,12-17H2,1-2H3. The number of carbonyl (C=O) groups excluding carboxylic acids is 2. The average molecular weight is 447 g/mol.